The van der Waals surface area contributed by atoms with Crippen molar-refractivity contribution >= 4 is 11.9 Å². The lowest BCUT2D eigenvalue weighted by atomic mass is 10.2. The largest absolute Gasteiger partial charge is 0.481 e. The molecule has 0 unspecified atom stereocenters. The van der Waals surface area contributed by atoms with Gasteiger partial charge in [-0.2, -0.15) is 0 Å². The molecular weight excluding hydrogens is 222 g/mol. The second-order valence-electron chi connectivity index (χ2n) is 4.18. The average Bonchev–Trinajstić information content (AvgIpc) is 2.63. The Morgan fingerprint density at radius 2 is 2.12 bits per heavy atom. The number of carboxylic acids is 1. The van der Waals surface area contributed by atoms with Crippen molar-refractivity contribution in [3.05, 3.63) is 23.7 Å². The summed E-state index contributed by atoms with van der Waals surface area (Å²) in [5.41, 5.74) is 0.460. The van der Waals surface area contributed by atoms with Crippen molar-refractivity contribution in [3.8, 4) is 0 Å². The van der Waals surface area contributed by atoms with Gasteiger partial charge < -0.3 is 14.4 Å². The van der Waals surface area contributed by atoms with E-state index >= 15 is 0 Å². The first-order chi connectivity index (χ1) is 7.91. The summed E-state index contributed by atoms with van der Waals surface area (Å²) in [6.45, 7) is 5.67. The third-order valence-corrected chi connectivity index (χ3v) is 2.43. The molecular formula is C12H17NO4. The summed E-state index contributed by atoms with van der Waals surface area (Å²) < 4.78 is 5.08. The number of nitrogens with zero attached hydrogens (tertiary/aromatic N) is 1. The number of carbonyl (C=O) groups excluding carboxylic acids is 1. The van der Waals surface area contributed by atoms with Crippen molar-refractivity contribution in [2.24, 2.45) is 0 Å². The molecule has 0 fully saturated rings. The normalized spacial score (nSPS) is 10.6. The molecule has 1 heterocycles. The summed E-state index contributed by atoms with van der Waals surface area (Å²) in [6.07, 6.45) is 1.34. The number of carbonyl (C=O) groups is 2. The molecule has 17 heavy (non-hydrogen) atoms. The zero-order valence-corrected chi connectivity index (χ0v) is 10.3. The molecule has 0 saturated heterocycles. The fourth-order valence-corrected chi connectivity index (χ4v) is 1.53. The summed E-state index contributed by atoms with van der Waals surface area (Å²) >= 11 is 0. The maximum absolute atomic E-state index is 12.1. The molecule has 0 spiro atoms. The highest BCUT2D eigenvalue weighted by molar-refractivity contribution is 5.94. The molecule has 1 N–H and O–H groups in total. The van der Waals surface area contributed by atoms with Crippen molar-refractivity contribution < 1.29 is 19.1 Å². The zero-order chi connectivity index (χ0) is 13.0. The Balaban J connectivity index is 2.77. The molecule has 0 aromatic carbocycles. The van der Waals surface area contributed by atoms with Gasteiger partial charge in [-0.15, -0.1) is 0 Å². The Morgan fingerprint density at radius 3 is 2.53 bits per heavy atom. The number of carboxylic acid groups (broad SMARTS) is 1. The van der Waals surface area contributed by atoms with Gasteiger partial charge in [-0.05, 0) is 26.8 Å². The first kappa shape index (κ1) is 13.3. The van der Waals surface area contributed by atoms with E-state index in [1.54, 1.807) is 13.0 Å². The molecule has 94 valence electrons. The third-order valence-electron chi connectivity index (χ3n) is 2.43. The minimum Gasteiger partial charge on any atom is -0.481 e. The predicted octanol–water partition coefficient (Wildman–Crippen LogP) is 1.91. The highest BCUT2D eigenvalue weighted by atomic mass is 16.4. The predicted molar refractivity (Wildman–Crippen MR) is 61.9 cm³/mol. The minimum absolute atomic E-state index is 0.0444. The zero-order valence-electron chi connectivity index (χ0n) is 10.3. The highest BCUT2D eigenvalue weighted by Crippen LogP contribution is 2.12. The molecule has 1 amide bonds. The second-order valence-corrected chi connectivity index (χ2v) is 4.18. The number of hydrogen-bond acceptors (Lipinski definition) is 3. The van der Waals surface area contributed by atoms with Gasteiger partial charge in [0.2, 0.25) is 0 Å². The molecule has 0 aliphatic carbocycles. The van der Waals surface area contributed by atoms with Crippen LogP contribution in [0.2, 0.25) is 0 Å². The molecule has 0 radical (unpaired) electrons. The molecule has 0 aliphatic heterocycles. The van der Waals surface area contributed by atoms with Crippen LogP contribution in [0.25, 0.3) is 0 Å². The van der Waals surface area contributed by atoms with Gasteiger partial charge >= 0.3 is 5.97 Å². The molecule has 0 aliphatic rings. The van der Waals surface area contributed by atoms with E-state index < -0.39 is 5.97 Å². The highest BCUT2D eigenvalue weighted by Gasteiger charge is 2.20. The van der Waals surface area contributed by atoms with Gasteiger partial charge in [0.25, 0.3) is 5.91 Å². The van der Waals surface area contributed by atoms with Crippen molar-refractivity contribution in [1.29, 1.82) is 0 Å². The van der Waals surface area contributed by atoms with Crippen LogP contribution in [-0.2, 0) is 4.79 Å². The Morgan fingerprint density at radius 1 is 1.47 bits per heavy atom. The van der Waals surface area contributed by atoms with Gasteiger partial charge in [0.1, 0.15) is 12.0 Å². The van der Waals surface area contributed by atoms with E-state index in [9.17, 15) is 9.59 Å². The standard InChI is InChI=1S/C12H17NO4/c1-8(2)13(5-4-11(14)15)12(16)10-6-9(3)17-7-10/h6-8H,4-5H2,1-3H3,(H,14,15). The van der Waals surface area contributed by atoms with Gasteiger partial charge in [0, 0.05) is 12.6 Å². The van der Waals surface area contributed by atoms with Gasteiger partial charge in [-0.1, -0.05) is 0 Å². The topological polar surface area (TPSA) is 70.8 Å². The van der Waals surface area contributed by atoms with E-state index in [1.165, 1.54) is 11.2 Å². The number of aryl methyl sites for hydroxylation is 1. The summed E-state index contributed by atoms with van der Waals surface area (Å²) in [5, 5.41) is 8.64. The smallest absolute Gasteiger partial charge is 0.305 e. The van der Waals surface area contributed by atoms with Crippen molar-refractivity contribution in [2.75, 3.05) is 6.54 Å². The van der Waals surface area contributed by atoms with E-state index in [1.807, 2.05) is 13.8 Å². The quantitative estimate of drug-likeness (QED) is 0.852. The maximum atomic E-state index is 12.1. The molecule has 1 aromatic heterocycles. The molecule has 1 aromatic rings. The first-order valence-corrected chi connectivity index (χ1v) is 5.49. The van der Waals surface area contributed by atoms with E-state index in [2.05, 4.69) is 0 Å². The fourth-order valence-electron chi connectivity index (χ4n) is 1.53. The van der Waals surface area contributed by atoms with Crippen LogP contribution < -0.4 is 0 Å². The average molecular weight is 239 g/mol. The SMILES string of the molecule is Cc1cc(C(=O)N(CCC(=O)O)C(C)C)co1. The van der Waals surface area contributed by atoms with Crippen LogP contribution in [-0.4, -0.2) is 34.5 Å². The third kappa shape index (κ3) is 3.62. The second kappa shape index (κ2) is 5.52. The van der Waals surface area contributed by atoms with E-state index in [4.69, 9.17) is 9.52 Å². The molecule has 5 heteroatoms. The Bertz CT molecular complexity index is 408. The van der Waals surface area contributed by atoms with E-state index in [0.717, 1.165) is 0 Å². The molecule has 0 saturated carbocycles. The van der Waals surface area contributed by atoms with Gasteiger partial charge in [0.05, 0.1) is 12.0 Å². The van der Waals surface area contributed by atoms with Gasteiger partial charge in [-0.3, -0.25) is 9.59 Å². The van der Waals surface area contributed by atoms with Crippen LogP contribution in [0.3, 0.4) is 0 Å². The molecule has 1 rings (SSSR count). The van der Waals surface area contributed by atoms with Crippen molar-refractivity contribution in [2.45, 2.75) is 33.2 Å². The first-order valence-electron chi connectivity index (χ1n) is 5.49. The number of rotatable bonds is 5. The summed E-state index contributed by atoms with van der Waals surface area (Å²) in [5.74, 6) is -0.444. The van der Waals surface area contributed by atoms with Crippen LogP contribution in [0.4, 0.5) is 0 Å². The number of aliphatic carboxylic acids is 1. The lowest BCUT2D eigenvalue weighted by Gasteiger charge is -2.25. The summed E-state index contributed by atoms with van der Waals surface area (Å²) in [4.78, 5) is 24.1. The van der Waals surface area contributed by atoms with E-state index in [-0.39, 0.29) is 24.9 Å². The van der Waals surface area contributed by atoms with E-state index in [0.29, 0.717) is 11.3 Å². The Kier molecular flexibility index (Phi) is 4.31. The van der Waals surface area contributed by atoms with Crippen LogP contribution >= 0.6 is 0 Å². The number of amides is 1. The fraction of sp³-hybridized carbons (Fsp3) is 0.500. The van der Waals surface area contributed by atoms with Crippen LogP contribution in [0, 0.1) is 6.92 Å². The van der Waals surface area contributed by atoms with Gasteiger partial charge in [0.15, 0.2) is 0 Å². The maximum Gasteiger partial charge on any atom is 0.305 e. The van der Waals surface area contributed by atoms with Gasteiger partial charge in [-0.25, -0.2) is 0 Å². The Hall–Kier alpha value is -1.78. The molecule has 5 nitrogen and oxygen atoms in total. The lowest BCUT2D eigenvalue weighted by molar-refractivity contribution is -0.137. The Labute approximate surface area is 100 Å². The number of furan rings is 1. The molecule has 0 bridgehead atoms. The number of hydrogen-bond donors (Lipinski definition) is 1. The molecule has 0 atom stereocenters. The van der Waals surface area contributed by atoms with Crippen LogP contribution in [0.15, 0.2) is 16.7 Å². The lowest BCUT2D eigenvalue weighted by Crippen LogP contribution is -2.38. The summed E-state index contributed by atoms with van der Waals surface area (Å²) in [6, 6.07) is 1.61. The van der Waals surface area contributed by atoms with Crippen molar-refractivity contribution in [1.82, 2.24) is 4.90 Å². The monoisotopic (exact) mass is 239 g/mol. The van der Waals surface area contributed by atoms with Crippen LogP contribution in [0.5, 0.6) is 0 Å². The van der Waals surface area contributed by atoms with Crippen molar-refractivity contribution in [3.63, 3.8) is 0 Å². The summed E-state index contributed by atoms with van der Waals surface area (Å²) in [7, 11) is 0. The minimum atomic E-state index is -0.910. The van der Waals surface area contributed by atoms with Crippen LogP contribution in [0.1, 0.15) is 36.4 Å².